The van der Waals surface area contributed by atoms with Gasteiger partial charge in [-0.2, -0.15) is 0 Å². The summed E-state index contributed by atoms with van der Waals surface area (Å²) in [6.07, 6.45) is 5.90. The average Bonchev–Trinajstić information content (AvgIpc) is 2.76. The fourth-order valence-corrected chi connectivity index (χ4v) is 2.78. The van der Waals surface area contributed by atoms with Crippen LogP contribution in [0, 0.1) is 0 Å². The first-order valence-electron chi connectivity index (χ1n) is 5.89. The predicted molar refractivity (Wildman–Crippen MR) is 63.3 cm³/mol. The van der Waals surface area contributed by atoms with Gasteiger partial charge in [-0.15, -0.1) is 0 Å². The lowest BCUT2D eigenvalue weighted by molar-refractivity contribution is 0.230. The maximum absolute atomic E-state index is 5.91. The molecule has 5 heteroatoms. The fourth-order valence-electron chi connectivity index (χ4n) is 2.78. The minimum atomic E-state index is 0.689. The molecular weight excluding hydrogens is 202 g/mol. The number of anilines is 2. The van der Waals surface area contributed by atoms with Gasteiger partial charge in [0.1, 0.15) is 6.33 Å². The fraction of sp³-hybridized carbons (Fsp3) is 0.636. The van der Waals surface area contributed by atoms with Crippen LogP contribution in [0.5, 0.6) is 0 Å². The molecule has 2 fully saturated rings. The van der Waals surface area contributed by atoms with Crippen LogP contribution in [0.1, 0.15) is 12.8 Å². The number of nitrogens with two attached hydrogens (primary N) is 1. The van der Waals surface area contributed by atoms with Crippen molar-refractivity contribution in [2.75, 3.05) is 36.8 Å². The summed E-state index contributed by atoms with van der Waals surface area (Å²) in [4.78, 5) is 13.1. The molecule has 0 saturated carbocycles. The Morgan fingerprint density at radius 1 is 1.31 bits per heavy atom. The van der Waals surface area contributed by atoms with Gasteiger partial charge in [0.25, 0.3) is 0 Å². The molecule has 0 spiro atoms. The van der Waals surface area contributed by atoms with Crippen molar-refractivity contribution < 1.29 is 0 Å². The van der Waals surface area contributed by atoms with Gasteiger partial charge < -0.3 is 10.6 Å². The maximum atomic E-state index is 5.91. The molecule has 2 aliphatic heterocycles. The Morgan fingerprint density at radius 3 is 3.12 bits per heavy atom. The molecule has 5 nitrogen and oxygen atoms in total. The smallest absolute Gasteiger partial charge is 0.155 e. The standard InChI is InChI=1S/C11H17N5/c12-10-6-13-8-14-11(10)16-5-4-15-3-1-2-9(15)7-16/h6,8-9H,1-5,7,12H2. The third-order valence-corrected chi connectivity index (χ3v) is 3.61. The molecule has 3 heterocycles. The molecule has 2 aliphatic rings. The van der Waals surface area contributed by atoms with Crippen molar-refractivity contribution in [3.63, 3.8) is 0 Å². The van der Waals surface area contributed by atoms with Crippen molar-refractivity contribution in [1.29, 1.82) is 0 Å². The van der Waals surface area contributed by atoms with Crippen LogP contribution in [0.25, 0.3) is 0 Å². The molecule has 1 aromatic rings. The van der Waals surface area contributed by atoms with Crippen LogP contribution >= 0.6 is 0 Å². The molecule has 1 atom stereocenters. The molecule has 0 radical (unpaired) electrons. The van der Waals surface area contributed by atoms with E-state index < -0.39 is 0 Å². The van der Waals surface area contributed by atoms with Gasteiger partial charge in [-0.25, -0.2) is 9.97 Å². The van der Waals surface area contributed by atoms with E-state index in [2.05, 4.69) is 19.8 Å². The van der Waals surface area contributed by atoms with Gasteiger partial charge in [-0.1, -0.05) is 0 Å². The average molecular weight is 219 g/mol. The van der Waals surface area contributed by atoms with E-state index in [1.165, 1.54) is 19.4 Å². The van der Waals surface area contributed by atoms with E-state index in [1.54, 1.807) is 12.5 Å². The number of fused-ring (bicyclic) bond motifs is 1. The quantitative estimate of drug-likeness (QED) is 0.738. The molecule has 1 aromatic heterocycles. The van der Waals surface area contributed by atoms with Crippen LogP contribution in [-0.2, 0) is 0 Å². The number of hydrogen-bond donors (Lipinski definition) is 1. The molecule has 0 aliphatic carbocycles. The summed E-state index contributed by atoms with van der Waals surface area (Å²) in [5.74, 6) is 0.904. The van der Waals surface area contributed by atoms with Crippen molar-refractivity contribution in [3.05, 3.63) is 12.5 Å². The summed E-state index contributed by atoms with van der Waals surface area (Å²) in [6, 6.07) is 0.697. The Labute approximate surface area is 95.3 Å². The second-order valence-corrected chi connectivity index (χ2v) is 4.58. The van der Waals surface area contributed by atoms with Gasteiger partial charge in [0.2, 0.25) is 0 Å². The van der Waals surface area contributed by atoms with Gasteiger partial charge in [-0.3, -0.25) is 4.90 Å². The molecule has 3 rings (SSSR count). The predicted octanol–water partition coefficient (Wildman–Crippen LogP) is 0.343. The van der Waals surface area contributed by atoms with Crippen LogP contribution in [0.2, 0.25) is 0 Å². The summed E-state index contributed by atoms with van der Waals surface area (Å²) in [6.45, 7) is 4.48. The first kappa shape index (κ1) is 9.84. The highest BCUT2D eigenvalue weighted by Gasteiger charge is 2.31. The van der Waals surface area contributed by atoms with E-state index in [9.17, 15) is 0 Å². The normalized spacial score (nSPS) is 25.8. The Kier molecular flexibility index (Phi) is 2.40. The summed E-state index contributed by atoms with van der Waals surface area (Å²) in [7, 11) is 0. The maximum Gasteiger partial charge on any atom is 0.155 e. The first-order chi connectivity index (χ1) is 7.84. The molecule has 1 unspecified atom stereocenters. The van der Waals surface area contributed by atoms with E-state index in [-0.39, 0.29) is 0 Å². The Bertz CT molecular complexity index is 380. The Morgan fingerprint density at radius 2 is 2.25 bits per heavy atom. The van der Waals surface area contributed by atoms with E-state index in [4.69, 9.17) is 5.73 Å². The zero-order valence-corrected chi connectivity index (χ0v) is 9.34. The minimum absolute atomic E-state index is 0.689. The molecule has 2 N–H and O–H groups in total. The third-order valence-electron chi connectivity index (χ3n) is 3.61. The van der Waals surface area contributed by atoms with Crippen LogP contribution in [0.3, 0.4) is 0 Å². The molecular formula is C11H17N5. The lowest BCUT2D eigenvalue weighted by Gasteiger charge is -2.38. The van der Waals surface area contributed by atoms with Gasteiger partial charge in [0.15, 0.2) is 5.82 Å². The molecule has 0 bridgehead atoms. The highest BCUT2D eigenvalue weighted by molar-refractivity contribution is 5.61. The van der Waals surface area contributed by atoms with Crippen LogP contribution in [0.4, 0.5) is 11.5 Å². The lowest BCUT2D eigenvalue weighted by atomic mass is 10.1. The number of nitrogen functional groups attached to an aromatic ring is 1. The topological polar surface area (TPSA) is 58.3 Å². The zero-order chi connectivity index (χ0) is 11.0. The molecule has 2 saturated heterocycles. The van der Waals surface area contributed by atoms with Crippen LogP contribution < -0.4 is 10.6 Å². The van der Waals surface area contributed by atoms with Crippen molar-refractivity contribution >= 4 is 11.5 Å². The first-order valence-corrected chi connectivity index (χ1v) is 5.89. The van der Waals surface area contributed by atoms with Gasteiger partial charge in [-0.05, 0) is 19.4 Å². The Hall–Kier alpha value is -1.36. The zero-order valence-electron chi connectivity index (χ0n) is 9.34. The second kappa shape index (κ2) is 3.90. The summed E-state index contributed by atoms with van der Waals surface area (Å²) in [5.41, 5.74) is 6.60. The summed E-state index contributed by atoms with van der Waals surface area (Å²) >= 11 is 0. The number of piperazine rings is 1. The van der Waals surface area contributed by atoms with E-state index in [0.717, 1.165) is 25.5 Å². The number of hydrogen-bond acceptors (Lipinski definition) is 5. The number of nitrogens with zero attached hydrogens (tertiary/aromatic N) is 4. The molecule has 86 valence electrons. The van der Waals surface area contributed by atoms with Crippen molar-refractivity contribution in [3.8, 4) is 0 Å². The lowest BCUT2D eigenvalue weighted by Crippen LogP contribution is -2.50. The second-order valence-electron chi connectivity index (χ2n) is 4.58. The van der Waals surface area contributed by atoms with E-state index in [1.807, 2.05) is 0 Å². The monoisotopic (exact) mass is 219 g/mol. The largest absolute Gasteiger partial charge is 0.394 e. The minimum Gasteiger partial charge on any atom is -0.394 e. The van der Waals surface area contributed by atoms with Crippen molar-refractivity contribution in [2.45, 2.75) is 18.9 Å². The van der Waals surface area contributed by atoms with Crippen molar-refractivity contribution in [1.82, 2.24) is 14.9 Å². The summed E-state index contributed by atoms with van der Waals surface area (Å²) < 4.78 is 0. The highest BCUT2D eigenvalue weighted by atomic mass is 15.3. The number of aromatic nitrogens is 2. The van der Waals surface area contributed by atoms with Crippen LogP contribution in [-0.4, -0.2) is 47.1 Å². The SMILES string of the molecule is Nc1cncnc1N1CCN2CCCC2C1. The summed E-state index contributed by atoms with van der Waals surface area (Å²) in [5, 5.41) is 0. The Balaban J connectivity index is 1.79. The van der Waals surface area contributed by atoms with Crippen molar-refractivity contribution in [2.24, 2.45) is 0 Å². The van der Waals surface area contributed by atoms with Gasteiger partial charge in [0.05, 0.1) is 11.9 Å². The molecule has 0 amide bonds. The van der Waals surface area contributed by atoms with E-state index >= 15 is 0 Å². The van der Waals surface area contributed by atoms with E-state index in [0.29, 0.717) is 11.7 Å². The third kappa shape index (κ3) is 1.61. The van der Waals surface area contributed by atoms with Gasteiger partial charge in [0, 0.05) is 25.7 Å². The highest BCUT2D eigenvalue weighted by Crippen LogP contribution is 2.26. The molecule has 16 heavy (non-hydrogen) atoms. The van der Waals surface area contributed by atoms with Crippen LogP contribution in [0.15, 0.2) is 12.5 Å². The van der Waals surface area contributed by atoms with Gasteiger partial charge >= 0.3 is 0 Å². The number of rotatable bonds is 1. The molecule has 0 aromatic carbocycles.